The van der Waals surface area contributed by atoms with E-state index in [2.05, 4.69) is 23.8 Å². The van der Waals surface area contributed by atoms with Crippen LogP contribution in [-0.2, 0) is 12.8 Å². The maximum absolute atomic E-state index is 12.8. The van der Waals surface area contributed by atoms with Crippen LogP contribution in [0.5, 0.6) is 0 Å². The molecule has 5 heteroatoms. The standard InChI is InChI=1S/C13H11BF2.C13H24N2/c14-13(9-1-5-11(15)6-2-9)10-3-7-12(16)8-4-10;1-3-5-7-9-12-13(15-11-14-12)10-8-6-4-2/h1-8,13H,14H2;11H,3-10H2,1-2H3,(H,14,15). The number of imidazole rings is 1. The molecule has 3 rings (SSSR count). The molecule has 0 unspecified atom stereocenters. The van der Waals surface area contributed by atoms with Crippen LogP contribution in [0.2, 0.25) is 0 Å². The number of benzene rings is 2. The average Bonchev–Trinajstić information content (AvgIpc) is 3.22. The zero-order valence-electron chi connectivity index (χ0n) is 19.1. The molecule has 0 aliphatic heterocycles. The first-order valence-electron chi connectivity index (χ1n) is 11.6. The third kappa shape index (κ3) is 8.68. The van der Waals surface area contributed by atoms with Gasteiger partial charge in [-0.05, 0) is 66.9 Å². The SMILES string of the molecule is BC(c1ccc(F)cc1)c1ccc(F)cc1.CCCCCc1nc[nH]c1CCCCC. The fraction of sp³-hybridized carbons (Fsp3) is 0.423. The maximum Gasteiger partial charge on any atom is 0.123 e. The smallest absolute Gasteiger partial charge is 0.123 e. The summed E-state index contributed by atoms with van der Waals surface area (Å²) in [6, 6.07) is 12.8. The minimum absolute atomic E-state index is 0.140. The highest BCUT2D eigenvalue weighted by Gasteiger charge is 2.08. The largest absolute Gasteiger partial charge is 0.348 e. The van der Waals surface area contributed by atoms with E-state index in [9.17, 15) is 8.78 Å². The van der Waals surface area contributed by atoms with Gasteiger partial charge in [0.1, 0.15) is 19.5 Å². The van der Waals surface area contributed by atoms with Crippen LogP contribution >= 0.6 is 0 Å². The van der Waals surface area contributed by atoms with E-state index in [0.717, 1.165) is 17.5 Å². The van der Waals surface area contributed by atoms with E-state index in [4.69, 9.17) is 0 Å². The molecule has 0 fully saturated rings. The van der Waals surface area contributed by atoms with Crippen molar-refractivity contribution in [3.63, 3.8) is 0 Å². The summed E-state index contributed by atoms with van der Waals surface area (Å²) in [4.78, 5) is 7.69. The first-order valence-corrected chi connectivity index (χ1v) is 11.6. The first kappa shape index (κ1) is 24.8. The van der Waals surface area contributed by atoms with Crippen molar-refractivity contribution in [1.82, 2.24) is 9.97 Å². The van der Waals surface area contributed by atoms with Gasteiger partial charge < -0.3 is 4.98 Å². The second-order valence-electron chi connectivity index (χ2n) is 8.07. The normalized spacial score (nSPS) is 10.7. The number of aromatic nitrogens is 2. The Morgan fingerprint density at radius 2 is 1.26 bits per heavy atom. The predicted octanol–water partition coefficient (Wildman–Crippen LogP) is 6.56. The maximum atomic E-state index is 12.8. The van der Waals surface area contributed by atoms with E-state index < -0.39 is 0 Å². The second-order valence-corrected chi connectivity index (χ2v) is 8.07. The van der Waals surface area contributed by atoms with Crippen LogP contribution in [0.15, 0.2) is 54.9 Å². The number of hydrogen-bond donors (Lipinski definition) is 1. The van der Waals surface area contributed by atoms with E-state index in [-0.39, 0.29) is 17.5 Å². The molecule has 0 saturated heterocycles. The molecule has 31 heavy (non-hydrogen) atoms. The summed E-state index contributed by atoms with van der Waals surface area (Å²) < 4.78 is 25.5. The van der Waals surface area contributed by atoms with Crippen molar-refractivity contribution in [3.8, 4) is 0 Å². The molecule has 3 aromatic rings. The molecule has 0 aliphatic rings. The highest BCUT2D eigenvalue weighted by atomic mass is 19.1. The Kier molecular flexibility index (Phi) is 11.1. The number of rotatable bonds is 10. The Morgan fingerprint density at radius 1 is 0.774 bits per heavy atom. The van der Waals surface area contributed by atoms with Crippen molar-refractivity contribution < 1.29 is 8.78 Å². The number of hydrogen-bond acceptors (Lipinski definition) is 1. The van der Waals surface area contributed by atoms with Crippen molar-refractivity contribution in [2.75, 3.05) is 0 Å². The van der Waals surface area contributed by atoms with Crippen LogP contribution in [0, 0.1) is 11.6 Å². The third-order valence-corrected chi connectivity index (χ3v) is 5.59. The lowest BCUT2D eigenvalue weighted by Gasteiger charge is -2.12. The average molecular weight is 424 g/mol. The Labute approximate surface area is 186 Å². The van der Waals surface area contributed by atoms with Crippen LogP contribution in [0.4, 0.5) is 8.78 Å². The zero-order valence-corrected chi connectivity index (χ0v) is 19.1. The van der Waals surface area contributed by atoms with Gasteiger partial charge in [0.15, 0.2) is 0 Å². The molecular weight excluding hydrogens is 389 g/mol. The summed E-state index contributed by atoms with van der Waals surface area (Å²) in [6.07, 6.45) is 12.0. The van der Waals surface area contributed by atoms with Gasteiger partial charge in [-0.15, -0.1) is 0 Å². The van der Waals surface area contributed by atoms with Gasteiger partial charge in [0, 0.05) is 5.69 Å². The van der Waals surface area contributed by atoms with E-state index in [1.807, 2.05) is 14.2 Å². The van der Waals surface area contributed by atoms with Gasteiger partial charge in [0.05, 0.1) is 12.0 Å². The molecule has 0 atom stereocenters. The Balaban J connectivity index is 0.000000221. The zero-order chi connectivity index (χ0) is 22.5. The Morgan fingerprint density at radius 3 is 1.74 bits per heavy atom. The molecule has 1 N–H and O–H groups in total. The number of aromatic amines is 1. The number of aryl methyl sites for hydroxylation is 2. The number of nitrogens with zero attached hydrogens (tertiary/aromatic N) is 1. The number of halogens is 2. The van der Waals surface area contributed by atoms with E-state index in [1.54, 1.807) is 24.3 Å². The van der Waals surface area contributed by atoms with E-state index in [0.29, 0.717) is 0 Å². The summed E-state index contributed by atoms with van der Waals surface area (Å²) in [5, 5.41) is 0. The molecule has 1 aromatic heterocycles. The number of nitrogens with one attached hydrogen (secondary N) is 1. The van der Waals surface area contributed by atoms with Gasteiger partial charge in [-0.25, -0.2) is 13.8 Å². The lowest BCUT2D eigenvalue weighted by Crippen LogP contribution is -2.00. The fourth-order valence-electron chi connectivity index (χ4n) is 3.57. The van der Waals surface area contributed by atoms with Crippen molar-refractivity contribution >= 4 is 7.85 Å². The quantitative estimate of drug-likeness (QED) is 0.290. The van der Waals surface area contributed by atoms with E-state index in [1.165, 1.54) is 80.6 Å². The van der Waals surface area contributed by atoms with Gasteiger partial charge in [-0.1, -0.05) is 63.8 Å². The molecule has 0 spiro atoms. The molecular formula is C26H35BF2N2. The highest BCUT2D eigenvalue weighted by Crippen LogP contribution is 2.21. The van der Waals surface area contributed by atoms with Gasteiger partial charge in [0.25, 0.3) is 0 Å². The lowest BCUT2D eigenvalue weighted by molar-refractivity contribution is 0.626. The van der Waals surface area contributed by atoms with Crippen LogP contribution in [0.3, 0.4) is 0 Å². The third-order valence-electron chi connectivity index (χ3n) is 5.59. The van der Waals surface area contributed by atoms with Crippen molar-refractivity contribution in [1.29, 1.82) is 0 Å². The topological polar surface area (TPSA) is 28.7 Å². The van der Waals surface area contributed by atoms with E-state index >= 15 is 0 Å². The number of unbranched alkanes of at least 4 members (excludes halogenated alkanes) is 4. The minimum Gasteiger partial charge on any atom is -0.348 e. The summed E-state index contributed by atoms with van der Waals surface area (Å²) in [7, 11) is 2.01. The van der Waals surface area contributed by atoms with Gasteiger partial charge in [-0.2, -0.15) is 0 Å². The lowest BCUT2D eigenvalue weighted by atomic mass is 9.76. The van der Waals surface area contributed by atoms with Crippen LogP contribution < -0.4 is 0 Å². The van der Waals surface area contributed by atoms with Crippen LogP contribution in [0.25, 0.3) is 0 Å². The fourth-order valence-corrected chi connectivity index (χ4v) is 3.57. The summed E-state index contributed by atoms with van der Waals surface area (Å²) >= 11 is 0. The van der Waals surface area contributed by atoms with Crippen molar-refractivity contribution in [2.24, 2.45) is 0 Å². The molecule has 0 radical (unpaired) electrons. The molecule has 1 heterocycles. The van der Waals surface area contributed by atoms with Crippen molar-refractivity contribution in [3.05, 3.63) is 89.0 Å². The molecule has 0 aliphatic carbocycles. The van der Waals surface area contributed by atoms with Crippen molar-refractivity contribution in [2.45, 2.75) is 71.0 Å². The summed E-state index contributed by atoms with van der Waals surface area (Å²) in [5.74, 6) is -0.341. The van der Waals surface area contributed by atoms with Crippen LogP contribution in [0.1, 0.15) is 80.7 Å². The highest BCUT2D eigenvalue weighted by molar-refractivity contribution is 6.14. The van der Waals surface area contributed by atoms with Crippen LogP contribution in [-0.4, -0.2) is 17.8 Å². The predicted molar refractivity (Wildman–Crippen MR) is 128 cm³/mol. The molecule has 2 aromatic carbocycles. The minimum atomic E-state index is -0.241. The molecule has 2 nitrogen and oxygen atoms in total. The first-order chi connectivity index (χ1) is 15.0. The van der Waals surface area contributed by atoms with Gasteiger partial charge >= 0.3 is 0 Å². The monoisotopic (exact) mass is 424 g/mol. The Hall–Kier alpha value is -2.43. The number of H-pyrrole nitrogens is 1. The Bertz CT molecular complexity index is 790. The summed E-state index contributed by atoms with van der Waals surface area (Å²) in [5.41, 5.74) is 4.72. The molecule has 166 valence electrons. The molecule has 0 amide bonds. The van der Waals surface area contributed by atoms with Gasteiger partial charge in [0.2, 0.25) is 0 Å². The molecule has 0 bridgehead atoms. The second kappa shape index (κ2) is 13.8. The van der Waals surface area contributed by atoms with Gasteiger partial charge in [-0.3, -0.25) is 0 Å². The molecule has 0 saturated carbocycles. The summed E-state index contributed by atoms with van der Waals surface area (Å²) in [6.45, 7) is 4.49.